The Labute approximate surface area is 243 Å². The molecule has 0 unspecified atom stereocenters. The molecule has 18 heteroatoms. The number of nitrogens with two attached hydrogens (primary N) is 1. The van der Waals surface area contributed by atoms with Crippen LogP contribution in [0, 0.1) is 15.6 Å². The number of nitro groups is 1. The van der Waals surface area contributed by atoms with Crippen LogP contribution in [0.25, 0.3) is 16.8 Å². The number of benzene rings is 1. The first kappa shape index (κ1) is 30.0. The fourth-order valence-corrected chi connectivity index (χ4v) is 4.26. The van der Waals surface area contributed by atoms with Crippen molar-refractivity contribution in [3.05, 3.63) is 64.1 Å². The smallest absolute Gasteiger partial charge is 0.313 e. The molecule has 4 heterocycles. The first-order chi connectivity index (χ1) is 20.4. The van der Waals surface area contributed by atoms with Crippen LogP contribution in [-0.2, 0) is 4.74 Å². The Morgan fingerprint density at radius 1 is 1.26 bits per heavy atom. The van der Waals surface area contributed by atoms with E-state index < -0.39 is 4.92 Å². The normalized spacial score (nSPS) is 13.4. The van der Waals surface area contributed by atoms with E-state index in [1.165, 1.54) is 25.4 Å². The van der Waals surface area contributed by atoms with Crippen LogP contribution in [0.3, 0.4) is 0 Å². The lowest BCUT2D eigenvalue weighted by atomic mass is 10.2. The zero-order valence-electron chi connectivity index (χ0n) is 22.4. The average Bonchev–Trinajstić information content (AvgIpc) is 3.43. The summed E-state index contributed by atoms with van der Waals surface area (Å²) in [4.78, 5) is 22.3. The van der Waals surface area contributed by atoms with Gasteiger partial charge in [-0.3, -0.25) is 15.0 Å². The lowest BCUT2D eigenvalue weighted by molar-refractivity contribution is -0.385. The monoisotopic (exact) mass is 598 g/mol. The van der Waals surface area contributed by atoms with Crippen LogP contribution in [0.15, 0.2) is 64.6 Å². The number of nitrogens with one attached hydrogen (secondary N) is 2. The SMILES string of the molecule is COc1cc(OCCN2CCOCC2)c([N+](=O)[O-])cc1Nc1ncc(Cl)c(-c2cnn3ccccc23)n1.N=N/N=N/N. The molecule has 0 spiro atoms. The number of fused-ring (bicyclic) bond motifs is 1. The number of pyridine rings is 1. The molecule has 0 bridgehead atoms. The summed E-state index contributed by atoms with van der Waals surface area (Å²) < 4.78 is 18.3. The van der Waals surface area contributed by atoms with Gasteiger partial charge in [0.1, 0.15) is 12.4 Å². The molecule has 4 aromatic rings. The maximum atomic E-state index is 11.8. The average molecular weight is 599 g/mol. The maximum absolute atomic E-state index is 11.8. The molecule has 1 aliphatic rings. The van der Waals surface area contributed by atoms with E-state index in [4.69, 9.17) is 31.3 Å². The Bertz CT molecular complexity index is 1560. The van der Waals surface area contributed by atoms with Crippen molar-refractivity contribution in [2.45, 2.75) is 0 Å². The molecule has 220 valence electrons. The molecule has 1 aromatic carbocycles. The van der Waals surface area contributed by atoms with E-state index in [1.807, 2.05) is 24.4 Å². The highest BCUT2D eigenvalue weighted by molar-refractivity contribution is 6.33. The quantitative estimate of drug-likeness (QED) is 0.102. The third kappa shape index (κ3) is 7.39. The van der Waals surface area contributed by atoms with Crippen molar-refractivity contribution in [2.24, 2.45) is 21.5 Å². The molecule has 3 aromatic heterocycles. The van der Waals surface area contributed by atoms with Gasteiger partial charge in [-0.1, -0.05) is 22.9 Å². The predicted octanol–water partition coefficient (Wildman–Crippen LogP) is 4.07. The molecule has 0 radical (unpaired) electrons. The van der Waals surface area contributed by atoms with Gasteiger partial charge in [0.2, 0.25) is 11.7 Å². The predicted molar refractivity (Wildman–Crippen MR) is 151 cm³/mol. The molecular formula is C24H27ClN12O5. The van der Waals surface area contributed by atoms with Gasteiger partial charge in [-0.2, -0.15) is 10.6 Å². The molecule has 1 fully saturated rings. The third-order valence-corrected chi connectivity index (χ3v) is 6.29. The van der Waals surface area contributed by atoms with Crippen LogP contribution in [-0.4, -0.2) is 76.0 Å². The van der Waals surface area contributed by atoms with E-state index in [0.29, 0.717) is 48.5 Å². The zero-order valence-corrected chi connectivity index (χ0v) is 23.1. The Balaban J connectivity index is 0.000000748. The number of halogens is 1. The minimum atomic E-state index is -0.498. The molecule has 42 heavy (non-hydrogen) atoms. The second-order valence-electron chi connectivity index (χ2n) is 8.49. The summed E-state index contributed by atoms with van der Waals surface area (Å²) in [5.74, 6) is 5.02. The van der Waals surface area contributed by atoms with Crippen molar-refractivity contribution in [3.63, 3.8) is 0 Å². The molecule has 4 N–H and O–H groups in total. The van der Waals surface area contributed by atoms with Gasteiger partial charge >= 0.3 is 5.69 Å². The van der Waals surface area contributed by atoms with Crippen molar-refractivity contribution < 1.29 is 19.1 Å². The minimum absolute atomic E-state index is 0.115. The lowest BCUT2D eigenvalue weighted by Crippen LogP contribution is -2.38. The summed E-state index contributed by atoms with van der Waals surface area (Å²) in [6.45, 7) is 3.86. The fourth-order valence-electron chi connectivity index (χ4n) is 4.06. The number of nitro benzene ring substituents is 1. The number of aromatic nitrogens is 4. The molecular weight excluding hydrogens is 572 g/mol. The van der Waals surface area contributed by atoms with Crippen LogP contribution in [0.4, 0.5) is 17.3 Å². The Hall–Kier alpha value is -5.00. The topological polar surface area (TPSA) is 216 Å². The van der Waals surface area contributed by atoms with E-state index in [1.54, 1.807) is 10.7 Å². The van der Waals surface area contributed by atoms with Crippen LogP contribution in [0.1, 0.15) is 0 Å². The Morgan fingerprint density at radius 3 is 2.76 bits per heavy atom. The van der Waals surface area contributed by atoms with E-state index in [2.05, 4.69) is 46.8 Å². The van der Waals surface area contributed by atoms with Gasteiger partial charge in [0.15, 0.2) is 0 Å². The molecule has 0 aliphatic carbocycles. The first-order valence-corrected chi connectivity index (χ1v) is 12.8. The summed E-state index contributed by atoms with van der Waals surface area (Å²) in [5.41, 5.74) is 8.00. The summed E-state index contributed by atoms with van der Waals surface area (Å²) in [6, 6.07) is 8.49. The van der Waals surface area contributed by atoms with E-state index in [0.717, 1.165) is 24.2 Å². The number of hydrogen-bond acceptors (Lipinski definition) is 12. The molecule has 1 aliphatic heterocycles. The van der Waals surface area contributed by atoms with Gasteiger partial charge in [-0.25, -0.2) is 14.5 Å². The zero-order chi connectivity index (χ0) is 29.9. The number of methoxy groups -OCH3 is 1. The van der Waals surface area contributed by atoms with Gasteiger partial charge in [-0.15, -0.1) is 0 Å². The minimum Gasteiger partial charge on any atom is -0.494 e. The summed E-state index contributed by atoms with van der Waals surface area (Å²) in [5, 5.41) is 27.3. The van der Waals surface area contributed by atoms with Crippen LogP contribution in [0.5, 0.6) is 11.5 Å². The maximum Gasteiger partial charge on any atom is 0.313 e. The summed E-state index contributed by atoms with van der Waals surface area (Å²) in [7, 11) is 1.47. The molecule has 0 amide bonds. The highest BCUT2D eigenvalue weighted by Crippen LogP contribution is 2.39. The summed E-state index contributed by atoms with van der Waals surface area (Å²) in [6.07, 6.45) is 4.95. The largest absolute Gasteiger partial charge is 0.494 e. The molecule has 17 nitrogen and oxygen atoms in total. The summed E-state index contributed by atoms with van der Waals surface area (Å²) >= 11 is 6.41. The molecule has 1 saturated heterocycles. The third-order valence-electron chi connectivity index (χ3n) is 6.02. The van der Waals surface area contributed by atoms with Crippen LogP contribution < -0.4 is 20.6 Å². The van der Waals surface area contributed by atoms with Gasteiger partial charge in [0.05, 0.1) is 59.6 Å². The Morgan fingerprint density at radius 2 is 2.07 bits per heavy atom. The Kier molecular flexibility index (Phi) is 10.4. The second-order valence-corrected chi connectivity index (χ2v) is 8.90. The molecule has 5 rings (SSSR count). The standard InChI is InChI=1S/C24H24ClN7O5.H3N5/c1-35-21-13-22(37-11-8-30-6-9-36-10-7-30)20(32(33)34)12-18(21)28-24-26-15-17(25)23(29-24)16-14-27-31-5-3-2-4-19(16)31;1-3-5-4-2/h2-5,12-15H,6-11H2,1H3,(H,26,28,29);(H3,1,2,5). The van der Waals surface area contributed by atoms with Gasteiger partial charge in [0.25, 0.3) is 0 Å². The van der Waals surface area contributed by atoms with E-state index in [9.17, 15) is 10.1 Å². The first-order valence-electron chi connectivity index (χ1n) is 12.4. The van der Waals surface area contributed by atoms with Crippen LogP contribution in [0.2, 0.25) is 5.02 Å². The highest BCUT2D eigenvalue weighted by Gasteiger charge is 2.22. The number of hydrogen-bond donors (Lipinski definition) is 3. The van der Waals surface area contributed by atoms with Crippen molar-refractivity contribution in [2.75, 3.05) is 51.9 Å². The lowest BCUT2D eigenvalue weighted by Gasteiger charge is -2.26. The molecule has 0 saturated carbocycles. The van der Waals surface area contributed by atoms with Crippen molar-refractivity contribution in [3.8, 4) is 22.8 Å². The number of nitrogens with zero attached hydrogens (tertiary/aromatic N) is 9. The van der Waals surface area contributed by atoms with Gasteiger partial charge in [-0.05, 0) is 22.6 Å². The highest BCUT2D eigenvalue weighted by atomic mass is 35.5. The number of ether oxygens (including phenoxy) is 3. The number of morpholine rings is 1. The van der Waals surface area contributed by atoms with Gasteiger partial charge in [0, 0.05) is 43.5 Å². The fraction of sp³-hybridized carbons (Fsp3) is 0.292. The number of anilines is 2. The van der Waals surface area contributed by atoms with Gasteiger partial charge < -0.3 is 25.4 Å². The second kappa shape index (κ2) is 14.6. The number of rotatable bonds is 10. The van der Waals surface area contributed by atoms with E-state index >= 15 is 0 Å². The van der Waals surface area contributed by atoms with Crippen LogP contribution >= 0.6 is 11.6 Å². The van der Waals surface area contributed by atoms with Crippen molar-refractivity contribution >= 4 is 34.4 Å². The van der Waals surface area contributed by atoms with Crippen molar-refractivity contribution in [1.29, 1.82) is 5.53 Å². The molecule has 0 atom stereocenters. The van der Waals surface area contributed by atoms with Crippen molar-refractivity contribution in [1.82, 2.24) is 24.5 Å². The van der Waals surface area contributed by atoms with E-state index in [-0.39, 0.29) is 17.4 Å².